The number of hydrogen-bond acceptors (Lipinski definition) is 4. The number of imidazole rings is 1. The summed E-state index contributed by atoms with van der Waals surface area (Å²) in [6.07, 6.45) is 1.98. The molecule has 1 unspecified atom stereocenters. The molecule has 1 N–H and O–H groups in total. The van der Waals surface area contributed by atoms with Crippen molar-refractivity contribution in [2.75, 3.05) is 13.7 Å². The summed E-state index contributed by atoms with van der Waals surface area (Å²) in [5.74, 6) is 2.75. The SMILES string of the molecule is COc1ccc(OCCn2c(C(C)NC(=O)C3CC3)nc3ccccc32)cc1. The summed E-state index contributed by atoms with van der Waals surface area (Å²) in [6, 6.07) is 15.4. The van der Waals surface area contributed by atoms with Crippen molar-refractivity contribution in [1.82, 2.24) is 14.9 Å². The molecule has 1 amide bonds. The lowest BCUT2D eigenvalue weighted by atomic mass is 10.2. The van der Waals surface area contributed by atoms with Crippen LogP contribution in [-0.2, 0) is 11.3 Å². The molecule has 28 heavy (non-hydrogen) atoms. The van der Waals surface area contributed by atoms with E-state index >= 15 is 0 Å². The van der Waals surface area contributed by atoms with E-state index in [0.717, 1.165) is 41.2 Å². The molecule has 1 aliphatic rings. The van der Waals surface area contributed by atoms with Crippen LogP contribution in [0, 0.1) is 5.92 Å². The predicted molar refractivity (Wildman–Crippen MR) is 108 cm³/mol. The van der Waals surface area contributed by atoms with Crippen molar-refractivity contribution in [3.05, 3.63) is 54.4 Å². The van der Waals surface area contributed by atoms with Gasteiger partial charge in [-0.3, -0.25) is 4.79 Å². The summed E-state index contributed by atoms with van der Waals surface area (Å²) in [5.41, 5.74) is 1.97. The Labute approximate surface area is 164 Å². The van der Waals surface area contributed by atoms with Crippen LogP contribution in [0.4, 0.5) is 0 Å². The lowest BCUT2D eigenvalue weighted by molar-refractivity contribution is -0.123. The summed E-state index contributed by atoms with van der Waals surface area (Å²) in [4.78, 5) is 17.0. The molecule has 1 heterocycles. The second-order valence-electron chi connectivity index (χ2n) is 7.14. The van der Waals surface area contributed by atoms with E-state index in [1.807, 2.05) is 49.4 Å². The third-order valence-corrected chi connectivity index (χ3v) is 5.02. The smallest absolute Gasteiger partial charge is 0.223 e. The van der Waals surface area contributed by atoms with E-state index in [1.54, 1.807) is 7.11 Å². The number of rotatable bonds is 8. The second-order valence-corrected chi connectivity index (χ2v) is 7.14. The minimum Gasteiger partial charge on any atom is -0.497 e. The van der Waals surface area contributed by atoms with Gasteiger partial charge in [0.2, 0.25) is 5.91 Å². The molecule has 0 aliphatic heterocycles. The maximum Gasteiger partial charge on any atom is 0.223 e. The van der Waals surface area contributed by atoms with Crippen molar-refractivity contribution in [1.29, 1.82) is 0 Å². The summed E-state index contributed by atoms with van der Waals surface area (Å²) in [5, 5.41) is 3.10. The number of benzene rings is 2. The van der Waals surface area contributed by atoms with Gasteiger partial charge in [-0.05, 0) is 56.2 Å². The largest absolute Gasteiger partial charge is 0.497 e. The van der Waals surface area contributed by atoms with Crippen molar-refractivity contribution < 1.29 is 14.3 Å². The van der Waals surface area contributed by atoms with Crippen LogP contribution in [0.1, 0.15) is 31.6 Å². The highest BCUT2D eigenvalue weighted by Crippen LogP contribution is 2.30. The van der Waals surface area contributed by atoms with Crippen LogP contribution >= 0.6 is 0 Å². The normalized spacial score (nSPS) is 14.6. The van der Waals surface area contributed by atoms with Crippen molar-refractivity contribution in [2.45, 2.75) is 32.4 Å². The monoisotopic (exact) mass is 379 g/mol. The average Bonchev–Trinajstić information content (AvgIpc) is 3.51. The van der Waals surface area contributed by atoms with Gasteiger partial charge < -0.3 is 19.4 Å². The van der Waals surface area contributed by atoms with Crippen molar-refractivity contribution in [3.63, 3.8) is 0 Å². The number of carbonyl (C=O) groups is 1. The number of aromatic nitrogens is 2. The van der Waals surface area contributed by atoms with Crippen LogP contribution in [0.2, 0.25) is 0 Å². The molecule has 4 rings (SSSR count). The number of hydrogen-bond donors (Lipinski definition) is 1. The van der Waals surface area contributed by atoms with Crippen LogP contribution in [0.25, 0.3) is 11.0 Å². The van der Waals surface area contributed by atoms with Crippen molar-refractivity contribution in [2.24, 2.45) is 5.92 Å². The maximum atomic E-state index is 12.2. The third kappa shape index (κ3) is 3.96. The molecular weight excluding hydrogens is 354 g/mol. The van der Waals surface area contributed by atoms with Gasteiger partial charge in [-0.2, -0.15) is 0 Å². The van der Waals surface area contributed by atoms with E-state index in [-0.39, 0.29) is 17.9 Å². The Kier molecular flexibility index (Phi) is 5.19. The number of methoxy groups -OCH3 is 1. The van der Waals surface area contributed by atoms with Gasteiger partial charge in [-0.25, -0.2) is 4.98 Å². The van der Waals surface area contributed by atoms with Crippen LogP contribution in [0.15, 0.2) is 48.5 Å². The van der Waals surface area contributed by atoms with Gasteiger partial charge >= 0.3 is 0 Å². The first-order chi connectivity index (χ1) is 13.7. The number of amides is 1. The van der Waals surface area contributed by atoms with Crippen LogP contribution in [-0.4, -0.2) is 29.2 Å². The number of fused-ring (bicyclic) bond motifs is 1. The molecule has 146 valence electrons. The predicted octanol–water partition coefficient (Wildman–Crippen LogP) is 3.71. The fourth-order valence-corrected chi connectivity index (χ4v) is 3.33. The Morgan fingerprint density at radius 1 is 1.18 bits per heavy atom. The first-order valence-electron chi connectivity index (χ1n) is 9.68. The minimum atomic E-state index is -0.151. The van der Waals surface area contributed by atoms with Gasteiger partial charge in [0.25, 0.3) is 0 Å². The minimum absolute atomic E-state index is 0.126. The highest BCUT2D eigenvalue weighted by atomic mass is 16.5. The topological polar surface area (TPSA) is 65.4 Å². The number of nitrogens with one attached hydrogen (secondary N) is 1. The van der Waals surface area contributed by atoms with Crippen LogP contribution in [0.3, 0.4) is 0 Å². The average molecular weight is 379 g/mol. The number of carbonyl (C=O) groups excluding carboxylic acids is 1. The van der Waals surface area contributed by atoms with Gasteiger partial charge in [0.15, 0.2) is 0 Å². The Morgan fingerprint density at radius 2 is 1.89 bits per heavy atom. The first kappa shape index (κ1) is 18.3. The number of nitrogens with zero attached hydrogens (tertiary/aromatic N) is 2. The molecule has 3 aromatic rings. The zero-order chi connectivity index (χ0) is 19.5. The highest BCUT2D eigenvalue weighted by molar-refractivity contribution is 5.81. The van der Waals surface area contributed by atoms with E-state index in [4.69, 9.17) is 14.5 Å². The molecule has 6 heteroatoms. The number of para-hydroxylation sites is 2. The lowest BCUT2D eigenvalue weighted by Crippen LogP contribution is -2.30. The van der Waals surface area contributed by atoms with E-state index in [2.05, 4.69) is 16.0 Å². The molecule has 1 fully saturated rings. The number of ether oxygens (including phenoxy) is 2. The van der Waals surface area contributed by atoms with Crippen LogP contribution in [0.5, 0.6) is 11.5 Å². The second kappa shape index (κ2) is 7.92. The zero-order valence-corrected chi connectivity index (χ0v) is 16.2. The molecule has 0 spiro atoms. The summed E-state index contributed by atoms with van der Waals surface area (Å²) in [6.45, 7) is 3.14. The molecule has 1 aliphatic carbocycles. The Hall–Kier alpha value is -3.02. The molecule has 0 saturated heterocycles. The lowest BCUT2D eigenvalue weighted by Gasteiger charge is -2.16. The van der Waals surface area contributed by atoms with Gasteiger partial charge in [0, 0.05) is 5.92 Å². The third-order valence-electron chi connectivity index (χ3n) is 5.02. The highest BCUT2D eigenvalue weighted by Gasteiger charge is 2.31. The van der Waals surface area contributed by atoms with E-state index in [1.165, 1.54) is 0 Å². The molecule has 6 nitrogen and oxygen atoms in total. The molecule has 1 atom stereocenters. The molecule has 1 saturated carbocycles. The molecular formula is C22H25N3O3. The van der Waals surface area contributed by atoms with E-state index < -0.39 is 0 Å². The maximum absolute atomic E-state index is 12.2. The van der Waals surface area contributed by atoms with Crippen molar-refractivity contribution in [3.8, 4) is 11.5 Å². The quantitative estimate of drug-likeness (QED) is 0.648. The van der Waals surface area contributed by atoms with Gasteiger partial charge in [-0.15, -0.1) is 0 Å². The molecule has 0 radical (unpaired) electrons. The van der Waals surface area contributed by atoms with Gasteiger partial charge in [0.05, 0.1) is 30.7 Å². The Morgan fingerprint density at radius 3 is 2.61 bits per heavy atom. The van der Waals surface area contributed by atoms with Gasteiger partial charge in [0.1, 0.15) is 23.9 Å². The fourth-order valence-electron chi connectivity index (χ4n) is 3.33. The first-order valence-corrected chi connectivity index (χ1v) is 9.68. The standard InChI is InChI=1S/C22H25N3O3/c1-15(23-22(26)16-7-8-16)21-24-19-5-3-4-6-20(19)25(21)13-14-28-18-11-9-17(27-2)10-12-18/h3-6,9-12,15-16H,7-8,13-14H2,1-2H3,(H,23,26). The van der Waals surface area contributed by atoms with Gasteiger partial charge in [-0.1, -0.05) is 12.1 Å². The van der Waals surface area contributed by atoms with Crippen molar-refractivity contribution >= 4 is 16.9 Å². The van der Waals surface area contributed by atoms with E-state index in [0.29, 0.717) is 13.2 Å². The summed E-state index contributed by atoms with van der Waals surface area (Å²) in [7, 11) is 1.64. The Balaban J connectivity index is 1.49. The molecule has 2 aromatic carbocycles. The van der Waals surface area contributed by atoms with E-state index in [9.17, 15) is 4.79 Å². The Bertz CT molecular complexity index is 961. The fraction of sp³-hybridized carbons (Fsp3) is 0.364. The summed E-state index contributed by atoms with van der Waals surface area (Å²) < 4.78 is 13.2. The molecule has 1 aromatic heterocycles. The molecule has 0 bridgehead atoms. The summed E-state index contributed by atoms with van der Waals surface area (Å²) >= 11 is 0. The van der Waals surface area contributed by atoms with Crippen LogP contribution < -0.4 is 14.8 Å². The zero-order valence-electron chi connectivity index (χ0n) is 16.2.